The Hall–Kier alpha value is -2.83. The number of carbonyl (C=O) groups excluding carboxylic acids is 1. The predicted octanol–water partition coefficient (Wildman–Crippen LogP) is 0.767. The SMILES string of the molecule is Cn1cc(C(=O)Nc2ccc(/C(N)=N/O)cc2)cn1. The molecule has 7 nitrogen and oxygen atoms in total. The van der Waals surface area contributed by atoms with Crippen molar-refractivity contribution in [2.75, 3.05) is 5.32 Å². The van der Waals surface area contributed by atoms with Gasteiger partial charge in [0.2, 0.25) is 0 Å². The molecular formula is C12H13N5O2. The van der Waals surface area contributed by atoms with Crippen LogP contribution in [0, 0.1) is 0 Å². The monoisotopic (exact) mass is 259 g/mol. The highest BCUT2D eigenvalue weighted by molar-refractivity contribution is 6.04. The fraction of sp³-hybridized carbons (Fsp3) is 0.0833. The number of hydrogen-bond acceptors (Lipinski definition) is 4. The lowest BCUT2D eigenvalue weighted by Gasteiger charge is -2.04. The van der Waals surface area contributed by atoms with E-state index in [1.54, 1.807) is 42.2 Å². The fourth-order valence-electron chi connectivity index (χ4n) is 1.52. The third kappa shape index (κ3) is 2.89. The van der Waals surface area contributed by atoms with Gasteiger partial charge in [-0.05, 0) is 24.3 Å². The topological polar surface area (TPSA) is 106 Å². The maximum atomic E-state index is 11.8. The van der Waals surface area contributed by atoms with Crippen molar-refractivity contribution < 1.29 is 10.0 Å². The molecule has 1 aromatic carbocycles. The van der Waals surface area contributed by atoms with Crippen LogP contribution < -0.4 is 11.1 Å². The maximum absolute atomic E-state index is 11.8. The quantitative estimate of drug-likeness (QED) is 0.327. The molecule has 0 saturated heterocycles. The van der Waals surface area contributed by atoms with Gasteiger partial charge in [-0.1, -0.05) is 5.16 Å². The first kappa shape index (κ1) is 12.6. The Kier molecular flexibility index (Phi) is 3.46. The largest absolute Gasteiger partial charge is 0.409 e. The van der Waals surface area contributed by atoms with Crippen molar-refractivity contribution in [1.29, 1.82) is 0 Å². The Morgan fingerprint density at radius 1 is 1.37 bits per heavy atom. The van der Waals surface area contributed by atoms with Gasteiger partial charge < -0.3 is 16.3 Å². The van der Waals surface area contributed by atoms with Crippen LogP contribution in [0.1, 0.15) is 15.9 Å². The van der Waals surface area contributed by atoms with Crippen LogP contribution in [0.15, 0.2) is 41.8 Å². The minimum atomic E-state index is -0.246. The number of aryl methyl sites for hydroxylation is 1. The van der Waals surface area contributed by atoms with Crippen molar-refractivity contribution in [2.24, 2.45) is 17.9 Å². The highest BCUT2D eigenvalue weighted by atomic mass is 16.4. The first-order chi connectivity index (χ1) is 9.10. The third-order valence-electron chi connectivity index (χ3n) is 2.51. The zero-order valence-corrected chi connectivity index (χ0v) is 10.2. The molecule has 7 heteroatoms. The normalized spacial score (nSPS) is 11.3. The number of benzene rings is 1. The summed E-state index contributed by atoms with van der Waals surface area (Å²) >= 11 is 0. The molecule has 2 aromatic rings. The molecule has 0 spiro atoms. The van der Waals surface area contributed by atoms with Gasteiger partial charge in [-0.2, -0.15) is 5.10 Å². The van der Waals surface area contributed by atoms with Crippen LogP contribution in [0.4, 0.5) is 5.69 Å². The number of aromatic nitrogens is 2. The van der Waals surface area contributed by atoms with E-state index in [-0.39, 0.29) is 11.7 Å². The summed E-state index contributed by atoms with van der Waals surface area (Å²) in [5.74, 6) is -0.227. The molecule has 0 saturated carbocycles. The molecule has 0 atom stereocenters. The number of amidine groups is 1. The first-order valence-corrected chi connectivity index (χ1v) is 5.48. The molecular weight excluding hydrogens is 246 g/mol. The van der Waals surface area contributed by atoms with Gasteiger partial charge in [-0.25, -0.2) is 0 Å². The summed E-state index contributed by atoms with van der Waals surface area (Å²) in [5, 5.41) is 18.1. The smallest absolute Gasteiger partial charge is 0.258 e. The molecule has 4 N–H and O–H groups in total. The number of amides is 1. The lowest BCUT2D eigenvalue weighted by Crippen LogP contribution is -2.14. The molecule has 19 heavy (non-hydrogen) atoms. The first-order valence-electron chi connectivity index (χ1n) is 5.48. The number of carbonyl (C=O) groups is 1. The Labute approximate surface area is 109 Å². The fourth-order valence-corrected chi connectivity index (χ4v) is 1.52. The minimum Gasteiger partial charge on any atom is -0.409 e. The van der Waals surface area contributed by atoms with E-state index in [1.165, 1.54) is 6.20 Å². The van der Waals surface area contributed by atoms with Crippen molar-refractivity contribution in [3.8, 4) is 0 Å². The second-order valence-corrected chi connectivity index (χ2v) is 3.92. The Morgan fingerprint density at radius 2 is 2.05 bits per heavy atom. The number of oxime groups is 1. The third-order valence-corrected chi connectivity index (χ3v) is 2.51. The Balaban J connectivity index is 2.10. The minimum absolute atomic E-state index is 0.0186. The zero-order chi connectivity index (χ0) is 13.8. The summed E-state index contributed by atoms with van der Waals surface area (Å²) in [6.45, 7) is 0. The molecule has 1 heterocycles. The van der Waals surface area contributed by atoms with Crippen molar-refractivity contribution in [1.82, 2.24) is 9.78 Å². The molecule has 0 radical (unpaired) electrons. The number of rotatable bonds is 3. The predicted molar refractivity (Wildman–Crippen MR) is 70.1 cm³/mol. The van der Waals surface area contributed by atoms with Crippen LogP contribution in [-0.4, -0.2) is 26.7 Å². The number of nitrogens with two attached hydrogens (primary N) is 1. The number of hydrogen-bond donors (Lipinski definition) is 3. The van der Waals surface area contributed by atoms with Crippen LogP contribution in [0.3, 0.4) is 0 Å². The standard InChI is InChI=1S/C12H13N5O2/c1-17-7-9(6-14-17)12(18)15-10-4-2-8(3-5-10)11(13)16-19/h2-7,19H,1H3,(H2,13,16)(H,15,18). The Bertz CT molecular complexity index is 615. The van der Waals surface area contributed by atoms with Crippen molar-refractivity contribution in [3.05, 3.63) is 47.8 Å². The molecule has 0 unspecified atom stereocenters. The number of anilines is 1. The Morgan fingerprint density at radius 3 is 2.58 bits per heavy atom. The van der Waals surface area contributed by atoms with Gasteiger partial charge in [0.25, 0.3) is 5.91 Å². The lowest BCUT2D eigenvalue weighted by molar-refractivity contribution is 0.102. The molecule has 0 aliphatic carbocycles. The summed E-state index contributed by atoms with van der Waals surface area (Å²) < 4.78 is 1.55. The van der Waals surface area contributed by atoms with Gasteiger partial charge in [0.05, 0.1) is 11.8 Å². The van der Waals surface area contributed by atoms with E-state index >= 15 is 0 Å². The van der Waals surface area contributed by atoms with Crippen molar-refractivity contribution >= 4 is 17.4 Å². The highest BCUT2D eigenvalue weighted by Gasteiger charge is 2.08. The molecule has 98 valence electrons. The van der Waals surface area contributed by atoms with Crippen molar-refractivity contribution in [3.63, 3.8) is 0 Å². The van der Waals surface area contributed by atoms with Gasteiger partial charge in [-0.3, -0.25) is 9.48 Å². The van der Waals surface area contributed by atoms with Crippen LogP contribution in [0.2, 0.25) is 0 Å². The second kappa shape index (κ2) is 5.21. The summed E-state index contributed by atoms with van der Waals surface area (Å²) in [6.07, 6.45) is 3.11. The van der Waals surface area contributed by atoms with Crippen LogP contribution in [0.5, 0.6) is 0 Å². The van der Waals surface area contributed by atoms with Gasteiger partial charge in [-0.15, -0.1) is 0 Å². The van der Waals surface area contributed by atoms with Crippen LogP contribution >= 0.6 is 0 Å². The zero-order valence-electron chi connectivity index (χ0n) is 10.2. The lowest BCUT2D eigenvalue weighted by atomic mass is 10.2. The van der Waals surface area contributed by atoms with Crippen molar-refractivity contribution in [2.45, 2.75) is 0 Å². The van der Waals surface area contributed by atoms with E-state index < -0.39 is 0 Å². The molecule has 0 fully saturated rings. The van der Waals surface area contributed by atoms with Crippen LogP contribution in [0.25, 0.3) is 0 Å². The van der Waals surface area contributed by atoms with E-state index in [1.807, 2.05) is 0 Å². The van der Waals surface area contributed by atoms with Gasteiger partial charge >= 0.3 is 0 Å². The summed E-state index contributed by atoms with van der Waals surface area (Å²) in [6, 6.07) is 6.63. The summed E-state index contributed by atoms with van der Waals surface area (Å²) in [7, 11) is 1.74. The number of nitrogens with zero attached hydrogens (tertiary/aromatic N) is 3. The van der Waals surface area contributed by atoms with E-state index in [0.717, 1.165) is 0 Å². The van der Waals surface area contributed by atoms with E-state index in [9.17, 15) is 4.79 Å². The summed E-state index contributed by atoms with van der Waals surface area (Å²) in [5.41, 5.74) is 7.10. The average Bonchev–Trinajstić information content (AvgIpc) is 2.85. The van der Waals surface area contributed by atoms with E-state index in [0.29, 0.717) is 16.8 Å². The van der Waals surface area contributed by atoms with Gasteiger partial charge in [0.15, 0.2) is 5.84 Å². The van der Waals surface area contributed by atoms with E-state index in [4.69, 9.17) is 10.9 Å². The molecule has 1 amide bonds. The summed E-state index contributed by atoms with van der Waals surface area (Å²) in [4.78, 5) is 11.8. The number of nitrogens with one attached hydrogen (secondary N) is 1. The molecule has 0 bridgehead atoms. The molecule has 0 aliphatic rings. The maximum Gasteiger partial charge on any atom is 0.258 e. The average molecular weight is 259 g/mol. The molecule has 0 aliphatic heterocycles. The van der Waals surface area contributed by atoms with Gasteiger partial charge in [0.1, 0.15) is 0 Å². The van der Waals surface area contributed by atoms with Crippen LogP contribution in [-0.2, 0) is 7.05 Å². The van der Waals surface area contributed by atoms with Gasteiger partial charge in [0, 0.05) is 24.5 Å². The van der Waals surface area contributed by atoms with E-state index in [2.05, 4.69) is 15.6 Å². The second-order valence-electron chi connectivity index (χ2n) is 3.92. The molecule has 2 rings (SSSR count). The highest BCUT2D eigenvalue weighted by Crippen LogP contribution is 2.11. The molecule has 1 aromatic heterocycles.